The Bertz CT molecular complexity index is 1250. The van der Waals surface area contributed by atoms with E-state index in [1.54, 1.807) is 18.5 Å². The largest absolute Gasteiger partial charge is 0.369 e. The van der Waals surface area contributed by atoms with Crippen LogP contribution >= 0.6 is 0 Å². The molecule has 1 N–H and O–H groups in total. The van der Waals surface area contributed by atoms with Crippen LogP contribution in [0.5, 0.6) is 0 Å². The Kier molecular flexibility index (Phi) is 3.82. The summed E-state index contributed by atoms with van der Waals surface area (Å²) >= 11 is 0. The van der Waals surface area contributed by atoms with Crippen LogP contribution in [0.15, 0.2) is 36.7 Å². The van der Waals surface area contributed by atoms with Crippen LogP contribution in [0.25, 0.3) is 16.7 Å². The first-order valence-corrected chi connectivity index (χ1v) is 10.2. The fraction of sp³-hybridized carbons (Fsp3) is 0.381. The molecule has 2 aliphatic heterocycles. The van der Waals surface area contributed by atoms with E-state index in [-0.39, 0.29) is 38.3 Å². The normalized spacial score (nSPS) is 20.9. The number of aromatic nitrogens is 3. The first kappa shape index (κ1) is 19.3. The summed E-state index contributed by atoms with van der Waals surface area (Å²) in [6.07, 6.45) is 2.09. The first-order valence-electron chi connectivity index (χ1n) is 10.2. The van der Waals surface area contributed by atoms with E-state index in [1.807, 2.05) is 4.90 Å². The molecule has 0 atom stereocenters. The van der Waals surface area contributed by atoms with Gasteiger partial charge in [-0.1, -0.05) is 0 Å². The number of urea groups is 1. The standard InChI is InChI=1S/C21H18F4N6O/c22-13-7-29(8-13)19(32)27-14-1-2-16(23)17(4-14)31-6-12-3-15(5-26-18(12)28-31)30-10-20(11-30)9-21(20,24)25/h1-6,13H,7-11H2,(H,27,32). The van der Waals surface area contributed by atoms with Crippen molar-refractivity contribution in [1.29, 1.82) is 0 Å². The van der Waals surface area contributed by atoms with Gasteiger partial charge < -0.3 is 15.1 Å². The van der Waals surface area contributed by atoms with Crippen molar-refractivity contribution in [3.05, 3.63) is 42.5 Å². The highest BCUT2D eigenvalue weighted by Crippen LogP contribution is 2.65. The average molecular weight is 446 g/mol. The van der Waals surface area contributed by atoms with Gasteiger partial charge in [-0.2, -0.15) is 0 Å². The smallest absolute Gasteiger partial charge is 0.322 e. The number of carbonyl (C=O) groups excluding carboxylic acids is 1. The maximum absolute atomic E-state index is 14.5. The number of rotatable bonds is 3. The van der Waals surface area contributed by atoms with Gasteiger partial charge in [-0.3, -0.25) is 0 Å². The molecule has 3 aliphatic rings. The second-order valence-electron chi connectivity index (χ2n) is 8.80. The Morgan fingerprint density at radius 1 is 1.19 bits per heavy atom. The van der Waals surface area contributed by atoms with Gasteiger partial charge in [-0.15, -0.1) is 5.10 Å². The number of hydrogen-bond donors (Lipinski definition) is 1. The van der Waals surface area contributed by atoms with E-state index in [4.69, 9.17) is 0 Å². The van der Waals surface area contributed by atoms with Crippen molar-refractivity contribution in [3.63, 3.8) is 0 Å². The molecule has 7 nitrogen and oxygen atoms in total. The lowest BCUT2D eigenvalue weighted by Crippen LogP contribution is -2.53. The number of fused-ring (bicyclic) bond motifs is 1. The summed E-state index contributed by atoms with van der Waals surface area (Å²) < 4.78 is 55.7. The van der Waals surface area contributed by atoms with E-state index >= 15 is 0 Å². The molecule has 1 aromatic carbocycles. The molecule has 3 aromatic rings. The van der Waals surface area contributed by atoms with Gasteiger partial charge in [0.05, 0.1) is 30.4 Å². The molecular formula is C21H18F4N6O. The van der Waals surface area contributed by atoms with Crippen LogP contribution in [-0.4, -0.2) is 64.0 Å². The number of carbonyl (C=O) groups is 1. The number of anilines is 2. The fourth-order valence-corrected chi connectivity index (χ4v) is 4.35. The molecule has 3 fully saturated rings. The molecule has 0 bridgehead atoms. The van der Waals surface area contributed by atoms with Gasteiger partial charge in [0.2, 0.25) is 0 Å². The fourth-order valence-electron chi connectivity index (χ4n) is 4.35. The third kappa shape index (κ3) is 2.90. The van der Waals surface area contributed by atoms with Crippen LogP contribution in [0.2, 0.25) is 0 Å². The predicted molar refractivity (Wildman–Crippen MR) is 109 cm³/mol. The summed E-state index contributed by atoms with van der Waals surface area (Å²) in [7, 11) is 0. The highest BCUT2D eigenvalue weighted by atomic mass is 19.3. The second-order valence-corrected chi connectivity index (χ2v) is 8.80. The summed E-state index contributed by atoms with van der Waals surface area (Å²) in [4.78, 5) is 19.6. The monoisotopic (exact) mass is 446 g/mol. The predicted octanol–water partition coefficient (Wildman–Crippen LogP) is 3.59. The Balaban J connectivity index is 1.23. The van der Waals surface area contributed by atoms with Crippen molar-refractivity contribution >= 4 is 28.4 Å². The molecule has 2 aromatic heterocycles. The number of likely N-dealkylation sites (tertiary alicyclic amines) is 1. The van der Waals surface area contributed by atoms with Gasteiger partial charge in [-0.05, 0) is 24.3 Å². The number of nitrogens with zero attached hydrogens (tertiary/aromatic N) is 5. The van der Waals surface area contributed by atoms with Gasteiger partial charge in [0, 0.05) is 36.8 Å². The van der Waals surface area contributed by atoms with Gasteiger partial charge in [0.15, 0.2) is 5.65 Å². The van der Waals surface area contributed by atoms with E-state index in [2.05, 4.69) is 15.4 Å². The maximum Gasteiger partial charge on any atom is 0.322 e. The molecular weight excluding hydrogens is 428 g/mol. The molecule has 4 heterocycles. The number of pyridine rings is 1. The average Bonchev–Trinajstić information content (AvgIpc) is 3.07. The van der Waals surface area contributed by atoms with Crippen LogP contribution in [0, 0.1) is 11.2 Å². The quantitative estimate of drug-likeness (QED) is 0.625. The maximum atomic E-state index is 14.5. The lowest BCUT2D eigenvalue weighted by atomic mass is 9.95. The molecule has 0 unspecified atom stereocenters. The number of alkyl halides is 3. The molecule has 1 spiro atoms. The number of benzene rings is 1. The third-order valence-electron chi connectivity index (χ3n) is 6.48. The van der Waals surface area contributed by atoms with Crippen molar-refractivity contribution < 1.29 is 22.4 Å². The lowest BCUT2D eigenvalue weighted by Gasteiger charge is -2.41. The molecule has 0 radical (unpaired) electrons. The number of amides is 2. The third-order valence-corrected chi connectivity index (χ3v) is 6.48. The summed E-state index contributed by atoms with van der Waals surface area (Å²) in [5.74, 6) is -3.13. The van der Waals surface area contributed by atoms with Crippen LogP contribution in [0.1, 0.15) is 6.42 Å². The number of halogens is 4. The second kappa shape index (κ2) is 6.33. The van der Waals surface area contributed by atoms with E-state index in [9.17, 15) is 22.4 Å². The zero-order valence-electron chi connectivity index (χ0n) is 16.7. The Morgan fingerprint density at radius 3 is 2.62 bits per heavy atom. The van der Waals surface area contributed by atoms with E-state index in [1.165, 1.54) is 27.8 Å². The molecule has 166 valence electrons. The summed E-state index contributed by atoms with van der Waals surface area (Å²) in [5, 5.41) is 7.56. The van der Waals surface area contributed by atoms with E-state index in [0.717, 1.165) is 0 Å². The molecule has 2 amide bonds. The van der Waals surface area contributed by atoms with Crippen LogP contribution in [0.4, 0.5) is 33.7 Å². The highest BCUT2D eigenvalue weighted by Gasteiger charge is 2.75. The van der Waals surface area contributed by atoms with Crippen LogP contribution in [0.3, 0.4) is 0 Å². The lowest BCUT2D eigenvalue weighted by molar-refractivity contribution is 0.0520. The van der Waals surface area contributed by atoms with Gasteiger partial charge in [0.25, 0.3) is 5.92 Å². The minimum absolute atomic E-state index is 0.0359. The van der Waals surface area contributed by atoms with Gasteiger partial charge in [-0.25, -0.2) is 32.0 Å². The minimum Gasteiger partial charge on any atom is -0.369 e. The van der Waals surface area contributed by atoms with Crippen molar-refractivity contribution in [2.24, 2.45) is 5.41 Å². The first-order chi connectivity index (χ1) is 15.2. The molecule has 11 heteroatoms. The highest BCUT2D eigenvalue weighted by molar-refractivity contribution is 5.90. The van der Waals surface area contributed by atoms with Crippen molar-refractivity contribution in [1.82, 2.24) is 19.7 Å². The Labute approximate surface area is 179 Å². The van der Waals surface area contributed by atoms with Gasteiger partial charge >= 0.3 is 6.03 Å². The van der Waals surface area contributed by atoms with Crippen molar-refractivity contribution in [3.8, 4) is 5.69 Å². The Hall–Kier alpha value is -3.37. The van der Waals surface area contributed by atoms with E-state index in [0.29, 0.717) is 22.4 Å². The molecule has 6 rings (SSSR count). The SMILES string of the molecule is O=C(Nc1ccc(F)c(-n2cc3cc(N4CC5(C4)CC5(F)F)cnc3n2)c1)N1CC(F)C1. The molecule has 1 saturated carbocycles. The Morgan fingerprint density at radius 2 is 1.94 bits per heavy atom. The zero-order valence-corrected chi connectivity index (χ0v) is 16.7. The van der Waals surface area contributed by atoms with Gasteiger partial charge in [0.1, 0.15) is 17.7 Å². The summed E-state index contributed by atoms with van der Waals surface area (Å²) in [5.41, 5.74) is 0.658. The minimum atomic E-state index is -2.58. The van der Waals surface area contributed by atoms with Crippen LogP contribution < -0.4 is 10.2 Å². The van der Waals surface area contributed by atoms with Crippen LogP contribution in [-0.2, 0) is 0 Å². The molecule has 1 aliphatic carbocycles. The van der Waals surface area contributed by atoms with E-state index < -0.39 is 29.4 Å². The number of nitrogens with one attached hydrogen (secondary N) is 1. The zero-order chi connectivity index (χ0) is 22.3. The topological polar surface area (TPSA) is 66.3 Å². The van der Waals surface area contributed by atoms with Crippen molar-refractivity contribution in [2.45, 2.75) is 18.5 Å². The summed E-state index contributed by atoms with van der Waals surface area (Å²) in [6, 6.07) is 5.39. The molecule has 32 heavy (non-hydrogen) atoms. The molecule has 2 saturated heterocycles. The van der Waals surface area contributed by atoms with Crippen molar-refractivity contribution in [2.75, 3.05) is 36.4 Å². The number of hydrogen-bond acceptors (Lipinski definition) is 4. The summed E-state index contributed by atoms with van der Waals surface area (Å²) in [6.45, 7) is 0.651.